The molecule has 2 aromatic rings. The van der Waals surface area contributed by atoms with Crippen molar-refractivity contribution in [2.24, 2.45) is 18.9 Å². The van der Waals surface area contributed by atoms with Gasteiger partial charge in [-0.15, -0.1) is 0 Å². The number of carbonyl (C=O) groups excluding carboxylic acids is 1. The highest BCUT2D eigenvalue weighted by molar-refractivity contribution is 5.83. The van der Waals surface area contributed by atoms with Crippen molar-refractivity contribution in [3.63, 3.8) is 0 Å². The number of fused-ring (bicyclic) bond motifs is 3. The van der Waals surface area contributed by atoms with Crippen molar-refractivity contribution < 1.29 is 9.53 Å². The second-order valence-corrected chi connectivity index (χ2v) is 7.25. The minimum absolute atomic E-state index is 0.0907. The fourth-order valence-electron chi connectivity index (χ4n) is 5.12. The maximum atomic E-state index is 12.4. The Morgan fingerprint density at radius 3 is 2.96 bits per heavy atom. The van der Waals surface area contributed by atoms with Gasteiger partial charge in [0.25, 0.3) is 0 Å². The van der Waals surface area contributed by atoms with Crippen LogP contribution in [0.5, 0.6) is 5.75 Å². The summed E-state index contributed by atoms with van der Waals surface area (Å²) in [6, 6.07) is 8.39. The number of methoxy groups -OCH3 is 1. The third-order valence-corrected chi connectivity index (χ3v) is 6.26. The predicted molar refractivity (Wildman–Crippen MR) is 92.2 cm³/mol. The van der Waals surface area contributed by atoms with Gasteiger partial charge in [-0.1, -0.05) is 19.1 Å². The maximum absolute atomic E-state index is 12.4. The largest absolute Gasteiger partial charge is 0.497 e. The van der Waals surface area contributed by atoms with E-state index in [1.807, 2.05) is 24.0 Å². The van der Waals surface area contributed by atoms with Crippen molar-refractivity contribution in [2.75, 3.05) is 7.11 Å². The third kappa shape index (κ3) is 1.98. The number of Topliss-reactive ketones (excluding diaryl/α,β-unsaturated/α-hetero) is 1. The Bertz CT molecular complexity index is 795. The van der Waals surface area contributed by atoms with Crippen molar-refractivity contribution in [2.45, 2.75) is 38.0 Å². The van der Waals surface area contributed by atoms with Crippen LogP contribution < -0.4 is 4.74 Å². The zero-order valence-corrected chi connectivity index (χ0v) is 14.6. The molecule has 3 atom stereocenters. The minimum atomic E-state index is -0.138. The molecule has 0 amide bonds. The Morgan fingerprint density at radius 2 is 2.17 bits per heavy atom. The molecule has 2 aliphatic carbocycles. The summed E-state index contributed by atoms with van der Waals surface area (Å²) in [6.07, 6.45) is 5.56. The van der Waals surface area contributed by atoms with Crippen LogP contribution in [-0.4, -0.2) is 22.7 Å². The molecule has 1 saturated carbocycles. The first-order valence-corrected chi connectivity index (χ1v) is 8.76. The van der Waals surface area contributed by atoms with Crippen molar-refractivity contribution >= 4 is 5.78 Å². The number of benzene rings is 1. The fraction of sp³-hybridized carbons (Fsp3) is 0.500. The molecule has 1 aromatic carbocycles. The summed E-state index contributed by atoms with van der Waals surface area (Å²) >= 11 is 0. The molecule has 4 nitrogen and oxygen atoms in total. The summed E-state index contributed by atoms with van der Waals surface area (Å²) in [5.41, 5.74) is 3.75. The lowest BCUT2D eigenvalue weighted by Crippen LogP contribution is -2.50. The van der Waals surface area contributed by atoms with E-state index in [0.717, 1.165) is 25.0 Å². The average Bonchev–Trinajstić information content (AvgIpc) is 3.00. The van der Waals surface area contributed by atoms with Gasteiger partial charge in [0.15, 0.2) is 0 Å². The summed E-state index contributed by atoms with van der Waals surface area (Å²) in [5, 5.41) is 4.55. The van der Waals surface area contributed by atoms with Crippen molar-refractivity contribution in [1.82, 2.24) is 9.78 Å². The molecular weight excluding hydrogens is 300 g/mol. The molecule has 4 rings (SSSR count). The van der Waals surface area contributed by atoms with Crippen LogP contribution in [0.1, 0.15) is 43.0 Å². The molecule has 1 aromatic heterocycles. The molecule has 1 fully saturated rings. The summed E-state index contributed by atoms with van der Waals surface area (Å²) in [5.74, 6) is 1.70. The summed E-state index contributed by atoms with van der Waals surface area (Å²) in [6.45, 7) is 2.11. The van der Waals surface area contributed by atoms with E-state index < -0.39 is 0 Å². The standard InChI is InChI=1S/C20H24N2O2/c1-13-17-8-7-14-12-21-22(2)19(14)20(17,10-9-18(13)23)15-5-4-6-16(11-15)24-3/h4-6,11-13,17H,7-10H2,1-3H3/t13-,17-,20+/m0/s1. The molecular formula is C20H24N2O2. The molecule has 0 radical (unpaired) electrons. The van der Waals surface area contributed by atoms with E-state index in [-0.39, 0.29) is 11.3 Å². The Labute approximate surface area is 142 Å². The van der Waals surface area contributed by atoms with E-state index in [1.54, 1.807) is 7.11 Å². The molecule has 0 N–H and O–H groups in total. The van der Waals surface area contributed by atoms with Gasteiger partial charge in [0, 0.05) is 24.8 Å². The van der Waals surface area contributed by atoms with E-state index >= 15 is 0 Å². The average molecular weight is 324 g/mol. The number of hydrogen-bond donors (Lipinski definition) is 0. The van der Waals surface area contributed by atoms with Gasteiger partial charge in [-0.3, -0.25) is 9.48 Å². The number of aromatic nitrogens is 2. The first kappa shape index (κ1) is 15.4. The van der Waals surface area contributed by atoms with Crippen LogP contribution in [-0.2, 0) is 23.7 Å². The van der Waals surface area contributed by atoms with E-state index in [0.29, 0.717) is 18.1 Å². The molecule has 0 saturated heterocycles. The molecule has 0 unspecified atom stereocenters. The third-order valence-electron chi connectivity index (χ3n) is 6.26. The lowest BCUT2D eigenvalue weighted by molar-refractivity contribution is -0.128. The number of aryl methyl sites for hydroxylation is 2. The lowest BCUT2D eigenvalue weighted by Gasteiger charge is -2.50. The molecule has 0 aliphatic heterocycles. The number of hydrogen-bond acceptors (Lipinski definition) is 3. The van der Waals surface area contributed by atoms with Crippen LogP contribution in [0.4, 0.5) is 0 Å². The molecule has 1 heterocycles. The second kappa shape index (κ2) is 5.47. The number of ketones is 1. The summed E-state index contributed by atoms with van der Waals surface area (Å²) < 4.78 is 7.51. The van der Waals surface area contributed by atoms with Gasteiger partial charge < -0.3 is 4.74 Å². The molecule has 24 heavy (non-hydrogen) atoms. The summed E-state index contributed by atoms with van der Waals surface area (Å²) in [4.78, 5) is 12.4. The first-order chi connectivity index (χ1) is 11.6. The number of rotatable bonds is 2. The number of carbonyl (C=O) groups is 1. The highest BCUT2D eigenvalue weighted by Crippen LogP contribution is 2.55. The van der Waals surface area contributed by atoms with Crippen LogP contribution in [0.3, 0.4) is 0 Å². The Balaban J connectivity index is 1.98. The van der Waals surface area contributed by atoms with E-state index in [4.69, 9.17) is 4.74 Å². The van der Waals surface area contributed by atoms with Crippen LogP contribution in [0.15, 0.2) is 30.5 Å². The number of ether oxygens (including phenoxy) is 1. The second-order valence-electron chi connectivity index (χ2n) is 7.25. The van der Waals surface area contributed by atoms with Crippen molar-refractivity contribution in [1.29, 1.82) is 0 Å². The maximum Gasteiger partial charge on any atom is 0.136 e. The van der Waals surface area contributed by atoms with Crippen LogP contribution >= 0.6 is 0 Å². The van der Waals surface area contributed by atoms with Gasteiger partial charge in [0.05, 0.1) is 19.0 Å². The van der Waals surface area contributed by atoms with Gasteiger partial charge in [0.2, 0.25) is 0 Å². The minimum Gasteiger partial charge on any atom is -0.497 e. The summed E-state index contributed by atoms with van der Waals surface area (Å²) in [7, 11) is 3.74. The Hall–Kier alpha value is -2.10. The van der Waals surface area contributed by atoms with Crippen LogP contribution in [0.2, 0.25) is 0 Å². The topological polar surface area (TPSA) is 44.1 Å². The smallest absolute Gasteiger partial charge is 0.136 e. The lowest BCUT2D eigenvalue weighted by atomic mass is 9.53. The van der Waals surface area contributed by atoms with Gasteiger partial charge in [-0.25, -0.2) is 0 Å². The Kier molecular flexibility index (Phi) is 3.52. The molecule has 2 aliphatic rings. The Morgan fingerprint density at radius 1 is 1.33 bits per heavy atom. The SMILES string of the molecule is COc1cccc([C@]23CCC(=O)[C@@H](C)[C@@H]2CCc2cnn(C)c23)c1. The van der Waals surface area contributed by atoms with Gasteiger partial charge in [-0.2, -0.15) is 5.10 Å². The van der Waals surface area contributed by atoms with Gasteiger partial charge in [0.1, 0.15) is 11.5 Å². The van der Waals surface area contributed by atoms with E-state index in [2.05, 4.69) is 30.2 Å². The fourth-order valence-corrected chi connectivity index (χ4v) is 5.12. The number of nitrogens with zero attached hydrogens (tertiary/aromatic N) is 2. The molecule has 0 spiro atoms. The normalized spacial score (nSPS) is 29.0. The molecule has 126 valence electrons. The predicted octanol–water partition coefficient (Wildman–Crippen LogP) is 3.28. The first-order valence-electron chi connectivity index (χ1n) is 8.76. The monoisotopic (exact) mass is 324 g/mol. The highest BCUT2D eigenvalue weighted by Gasteiger charge is 2.53. The molecule has 0 bridgehead atoms. The van der Waals surface area contributed by atoms with E-state index in [1.165, 1.54) is 16.8 Å². The van der Waals surface area contributed by atoms with E-state index in [9.17, 15) is 4.79 Å². The zero-order valence-electron chi connectivity index (χ0n) is 14.6. The zero-order chi connectivity index (χ0) is 16.9. The highest BCUT2D eigenvalue weighted by atomic mass is 16.5. The van der Waals surface area contributed by atoms with Crippen LogP contribution in [0.25, 0.3) is 0 Å². The quantitative estimate of drug-likeness (QED) is 0.851. The van der Waals surface area contributed by atoms with Crippen molar-refractivity contribution in [3.8, 4) is 5.75 Å². The van der Waals surface area contributed by atoms with Gasteiger partial charge >= 0.3 is 0 Å². The van der Waals surface area contributed by atoms with Crippen molar-refractivity contribution in [3.05, 3.63) is 47.3 Å². The molecule has 4 heteroatoms. The van der Waals surface area contributed by atoms with Crippen LogP contribution in [0, 0.1) is 11.8 Å². The van der Waals surface area contributed by atoms with Gasteiger partial charge in [-0.05, 0) is 48.4 Å².